The summed E-state index contributed by atoms with van der Waals surface area (Å²) in [5.74, 6) is 13.3. The highest BCUT2D eigenvalue weighted by molar-refractivity contribution is 5.84. The zero-order valence-electron chi connectivity index (χ0n) is 17.3. The fourth-order valence-corrected chi connectivity index (χ4v) is 3.07. The van der Waals surface area contributed by atoms with Crippen LogP contribution in [0, 0.1) is 29.5 Å². The summed E-state index contributed by atoms with van der Waals surface area (Å²) in [5.41, 5.74) is 3.70. The van der Waals surface area contributed by atoms with Crippen LogP contribution in [0.5, 0.6) is 5.75 Å². The first kappa shape index (κ1) is 20.3. The SMILES string of the molecule is CCCOc1ccc(C#Cc2ccc(C#Cc3ccc4cc(F)ccc4c3)cc2)cc1. The minimum absolute atomic E-state index is 0.229. The second-order valence-corrected chi connectivity index (χ2v) is 7.16. The maximum Gasteiger partial charge on any atom is 0.123 e. The van der Waals surface area contributed by atoms with Gasteiger partial charge in [-0.25, -0.2) is 4.39 Å². The number of hydrogen-bond acceptors (Lipinski definition) is 1. The zero-order valence-corrected chi connectivity index (χ0v) is 17.3. The van der Waals surface area contributed by atoms with Crippen molar-refractivity contribution in [1.82, 2.24) is 0 Å². The molecule has 0 heterocycles. The lowest BCUT2D eigenvalue weighted by Gasteiger charge is -2.03. The lowest BCUT2D eigenvalue weighted by molar-refractivity contribution is 0.317. The molecule has 31 heavy (non-hydrogen) atoms. The van der Waals surface area contributed by atoms with Crippen molar-refractivity contribution in [1.29, 1.82) is 0 Å². The number of fused-ring (bicyclic) bond motifs is 1. The molecule has 0 saturated carbocycles. The third-order valence-electron chi connectivity index (χ3n) is 4.72. The topological polar surface area (TPSA) is 9.23 Å². The van der Waals surface area contributed by atoms with E-state index in [0.717, 1.165) is 51.8 Å². The highest BCUT2D eigenvalue weighted by Crippen LogP contribution is 2.17. The summed E-state index contributed by atoms with van der Waals surface area (Å²) in [6.45, 7) is 2.81. The quantitative estimate of drug-likeness (QED) is 0.351. The third-order valence-corrected chi connectivity index (χ3v) is 4.72. The summed E-state index contributed by atoms with van der Waals surface area (Å²) in [7, 11) is 0. The first-order valence-electron chi connectivity index (χ1n) is 10.3. The van der Waals surface area contributed by atoms with E-state index in [2.05, 4.69) is 30.6 Å². The van der Waals surface area contributed by atoms with Crippen LogP contribution in [0.4, 0.5) is 4.39 Å². The van der Waals surface area contributed by atoms with Gasteiger partial charge in [-0.05, 0) is 90.0 Å². The predicted molar refractivity (Wildman–Crippen MR) is 125 cm³/mol. The molecule has 0 unspecified atom stereocenters. The Bertz CT molecular complexity index is 1310. The van der Waals surface area contributed by atoms with E-state index in [-0.39, 0.29) is 5.82 Å². The molecule has 1 nitrogen and oxygen atoms in total. The van der Waals surface area contributed by atoms with Crippen molar-refractivity contribution in [3.05, 3.63) is 113 Å². The summed E-state index contributed by atoms with van der Waals surface area (Å²) in [6.07, 6.45) is 0.991. The van der Waals surface area contributed by atoms with Crippen molar-refractivity contribution in [2.75, 3.05) is 6.61 Å². The molecule has 0 spiro atoms. The van der Waals surface area contributed by atoms with E-state index in [9.17, 15) is 4.39 Å². The molecule has 0 aliphatic rings. The average Bonchev–Trinajstić information content (AvgIpc) is 2.81. The van der Waals surface area contributed by atoms with Gasteiger partial charge in [-0.2, -0.15) is 0 Å². The molecule has 150 valence electrons. The average molecular weight is 404 g/mol. The zero-order chi connectivity index (χ0) is 21.5. The second-order valence-electron chi connectivity index (χ2n) is 7.16. The highest BCUT2D eigenvalue weighted by atomic mass is 19.1. The number of rotatable bonds is 3. The maximum atomic E-state index is 13.3. The van der Waals surface area contributed by atoms with Crippen molar-refractivity contribution < 1.29 is 9.13 Å². The molecule has 4 aromatic rings. The van der Waals surface area contributed by atoms with Crippen molar-refractivity contribution in [3.8, 4) is 29.4 Å². The normalized spacial score (nSPS) is 10.0. The Labute approximate surface area is 182 Å². The van der Waals surface area contributed by atoms with E-state index in [4.69, 9.17) is 4.74 Å². The molecule has 4 aromatic carbocycles. The van der Waals surface area contributed by atoms with Gasteiger partial charge in [-0.15, -0.1) is 0 Å². The minimum Gasteiger partial charge on any atom is -0.494 e. The van der Waals surface area contributed by atoms with E-state index in [1.807, 2.05) is 66.7 Å². The van der Waals surface area contributed by atoms with Crippen LogP contribution in [0.3, 0.4) is 0 Å². The van der Waals surface area contributed by atoms with Crippen molar-refractivity contribution >= 4 is 10.8 Å². The molecule has 0 amide bonds. The van der Waals surface area contributed by atoms with Crippen molar-refractivity contribution in [2.24, 2.45) is 0 Å². The Morgan fingerprint density at radius 3 is 1.71 bits per heavy atom. The molecule has 0 fully saturated rings. The number of hydrogen-bond donors (Lipinski definition) is 0. The Kier molecular flexibility index (Phi) is 6.32. The van der Waals surface area contributed by atoms with E-state index in [1.54, 1.807) is 6.07 Å². The van der Waals surface area contributed by atoms with Gasteiger partial charge in [0.05, 0.1) is 6.61 Å². The van der Waals surface area contributed by atoms with Crippen LogP contribution in [0.1, 0.15) is 35.6 Å². The lowest BCUT2D eigenvalue weighted by atomic mass is 10.1. The van der Waals surface area contributed by atoms with Crippen LogP contribution >= 0.6 is 0 Å². The molecule has 0 N–H and O–H groups in total. The summed E-state index contributed by atoms with van der Waals surface area (Å²) in [6, 6.07) is 26.2. The molecule has 0 saturated heterocycles. The van der Waals surface area contributed by atoms with Crippen LogP contribution in [-0.2, 0) is 0 Å². The van der Waals surface area contributed by atoms with Gasteiger partial charge in [0, 0.05) is 22.3 Å². The fraction of sp³-hybridized carbons (Fsp3) is 0.103. The van der Waals surface area contributed by atoms with E-state index in [0.29, 0.717) is 0 Å². The molecular weight excluding hydrogens is 383 g/mol. The van der Waals surface area contributed by atoms with Gasteiger partial charge < -0.3 is 4.74 Å². The minimum atomic E-state index is -0.229. The van der Waals surface area contributed by atoms with Crippen LogP contribution in [0.15, 0.2) is 84.9 Å². The molecule has 0 atom stereocenters. The van der Waals surface area contributed by atoms with Gasteiger partial charge in [0.1, 0.15) is 11.6 Å². The fourth-order valence-electron chi connectivity index (χ4n) is 3.07. The molecule has 0 aromatic heterocycles. The summed E-state index contributed by atoms with van der Waals surface area (Å²) in [4.78, 5) is 0. The molecular formula is C29H21FO. The summed E-state index contributed by atoms with van der Waals surface area (Å²) < 4.78 is 18.9. The largest absolute Gasteiger partial charge is 0.494 e. The summed E-state index contributed by atoms with van der Waals surface area (Å²) in [5, 5.41) is 1.85. The van der Waals surface area contributed by atoms with Crippen LogP contribution in [-0.4, -0.2) is 6.61 Å². The smallest absolute Gasteiger partial charge is 0.123 e. The van der Waals surface area contributed by atoms with Crippen LogP contribution in [0.2, 0.25) is 0 Å². The predicted octanol–water partition coefficient (Wildman–Crippen LogP) is 6.57. The van der Waals surface area contributed by atoms with Gasteiger partial charge in [0.15, 0.2) is 0 Å². The standard InChI is InChI=1S/C29H21FO/c1-2-19-31-29-17-12-24(13-18-29)8-7-22-3-5-23(6-4-22)9-10-25-11-14-27-21-28(30)16-15-26(27)20-25/h3-6,11-18,20-21H,2,19H2,1H3. The monoisotopic (exact) mass is 404 g/mol. The molecule has 2 heteroatoms. The Morgan fingerprint density at radius 2 is 1.10 bits per heavy atom. The van der Waals surface area contributed by atoms with Crippen molar-refractivity contribution in [3.63, 3.8) is 0 Å². The van der Waals surface area contributed by atoms with Gasteiger partial charge in [0.25, 0.3) is 0 Å². The lowest BCUT2D eigenvalue weighted by Crippen LogP contribution is -1.94. The van der Waals surface area contributed by atoms with Gasteiger partial charge in [-0.1, -0.05) is 42.7 Å². The molecule has 0 radical (unpaired) electrons. The molecule has 4 rings (SSSR count). The number of ether oxygens (including phenoxy) is 1. The molecule has 0 aliphatic carbocycles. The third kappa shape index (κ3) is 5.53. The van der Waals surface area contributed by atoms with E-state index < -0.39 is 0 Å². The molecule has 0 aliphatic heterocycles. The Balaban J connectivity index is 1.44. The molecule has 0 bridgehead atoms. The van der Waals surface area contributed by atoms with Crippen molar-refractivity contribution in [2.45, 2.75) is 13.3 Å². The van der Waals surface area contributed by atoms with E-state index in [1.165, 1.54) is 12.1 Å². The number of halogens is 1. The van der Waals surface area contributed by atoms with Gasteiger partial charge >= 0.3 is 0 Å². The maximum absolute atomic E-state index is 13.3. The highest BCUT2D eigenvalue weighted by Gasteiger charge is 1.97. The van der Waals surface area contributed by atoms with Crippen LogP contribution in [0.25, 0.3) is 10.8 Å². The van der Waals surface area contributed by atoms with Crippen LogP contribution < -0.4 is 4.74 Å². The number of benzene rings is 4. The summed E-state index contributed by atoms with van der Waals surface area (Å²) >= 11 is 0. The van der Waals surface area contributed by atoms with Gasteiger partial charge in [0.2, 0.25) is 0 Å². The Hall–Kier alpha value is -4.01. The first-order valence-corrected chi connectivity index (χ1v) is 10.3. The Morgan fingerprint density at radius 1 is 0.613 bits per heavy atom. The van der Waals surface area contributed by atoms with Gasteiger partial charge in [-0.3, -0.25) is 0 Å². The second kappa shape index (κ2) is 9.66. The van der Waals surface area contributed by atoms with E-state index >= 15 is 0 Å². The first-order chi connectivity index (χ1) is 15.2.